The van der Waals surface area contributed by atoms with Crippen molar-refractivity contribution in [1.82, 2.24) is 5.32 Å². The molecule has 0 unspecified atom stereocenters. The molecule has 2 amide bonds. The maximum absolute atomic E-state index is 12.4. The Kier molecular flexibility index (Phi) is 7.48. The number of rotatable bonds is 7. The molecule has 2 N–H and O–H groups in total. The first-order valence-electron chi connectivity index (χ1n) is 9.67. The van der Waals surface area contributed by atoms with Gasteiger partial charge in [-0.15, -0.1) is 0 Å². The van der Waals surface area contributed by atoms with Crippen LogP contribution in [0.4, 0.5) is 5.69 Å². The van der Waals surface area contributed by atoms with Crippen LogP contribution in [-0.4, -0.2) is 18.4 Å². The molecule has 4 heteroatoms. The lowest BCUT2D eigenvalue weighted by molar-refractivity contribution is -0.128. The zero-order valence-corrected chi connectivity index (χ0v) is 15.8. The first-order valence-corrected chi connectivity index (χ1v) is 9.67. The number of aryl methyl sites for hydroxylation is 1. The Bertz CT molecular complexity index is 558. The van der Waals surface area contributed by atoms with Gasteiger partial charge in [0.1, 0.15) is 0 Å². The maximum Gasteiger partial charge on any atom is 0.227 e. The van der Waals surface area contributed by atoms with E-state index in [4.69, 9.17) is 0 Å². The van der Waals surface area contributed by atoms with Gasteiger partial charge in [-0.2, -0.15) is 0 Å². The molecule has 0 heterocycles. The summed E-state index contributed by atoms with van der Waals surface area (Å²) in [5.41, 5.74) is 2.12. The molecule has 0 atom stereocenters. The number of nitrogens with one attached hydrogen (secondary N) is 2. The summed E-state index contributed by atoms with van der Waals surface area (Å²) < 4.78 is 0. The van der Waals surface area contributed by atoms with Gasteiger partial charge in [0, 0.05) is 24.1 Å². The highest BCUT2D eigenvalue weighted by Crippen LogP contribution is 2.30. The number of carbonyl (C=O) groups is 2. The number of anilines is 1. The fourth-order valence-electron chi connectivity index (χ4n) is 3.31. The molecule has 0 bridgehead atoms. The van der Waals surface area contributed by atoms with Crippen LogP contribution in [0.15, 0.2) is 24.3 Å². The van der Waals surface area contributed by atoms with Crippen molar-refractivity contribution in [3.63, 3.8) is 0 Å². The van der Waals surface area contributed by atoms with Crippen LogP contribution in [0, 0.1) is 17.8 Å². The van der Waals surface area contributed by atoms with Crippen LogP contribution in [-0.2, 0) is 16.0 Å². The molecule has 0 radical (unpaired) electrons. The average Bonchev–Trinajstić information content (AvgIpc) is 2.62. The Labute approximate surface area is 151 Å². The lowest BCUT2D eigenvalue weighted by atomic mass is 9.81. The van der Waals surface area contributed by atoms with Gasteiger partial charge >= 0.3 is 0 Å². The molecule has 2 rings (SSSR count). The molecule has 4 nitrogen and oxygen atoms in total. The second-order valence-electron chi connectivity index (χ2n) is 7.56. The van der Waals surface area contributed by atoms with E-state index >= 15 is 0 Å². The summed E-state index contributed by atoms with van der Waals surface area (Å²) in [5.74, 6) is 0.939. The molecule has 0 saturated heterocycles. The monoisotopic (exact) mass is 344 g/mol. The van der Waals surface area contributed by atoms with E-state index in [9.17, 15) is 9.59 Å². The van der Waals surface area contributed by atoms with E-state index in [2.05, 4.69) is 31.4 Å². The van der Waals surface area contributed by atoms with E-state index in [1.54, 1.807) is 0 Å². The second kappa shape index (κ2) is 9.59. The van der Waals surface area contributed by atoms with Gasteiger partial charge in [0.25, 0.3) is 0 Å². The zero-order chi connectivity index (χ0) is 18.2. The topological polar surface area (TPSA) is 58.2 Å². The van der Waals surface area contributed by atoms with Gasteiger partial charge in [0.05, 0.1) is 0 Å². The van der Waals surface area contributed by atoms with E-state index in [-0.39, 0.29) is 23.7 Å². The smallest absolute Gasteiger partial charge is 0.227 e. The largest absolute Gasteiger partial charge is 0.356 e. The molecular weight excluding hydrogens is 312 g/mol. The van der Waals surface area contributed by atoms with Gasteiger partial charge < -0.3 is 10.6 Å². The summed E-state index contributed by atoms with van der Waals surface area (Å²) in [5, 5.41) is 6.05. The molecule has 1 aliphatic carbocycles. The average molecular weight is 344 g/mol. The van der Waals surface area contributed by atoms with E-state index in [1.165, 1.54) is 5.56 Å². The summed E-state index contributed by atoms with van der Waals surface area (Å²) in [6.45, 7) is 7.19. The molecule has 0 spiro atoms. The third kappa shape index (κ3) is 6.18. The van der Waals surface area contributed by atoms with Crippen LogP contribution in [0.3, 0.4) is 0 Å². The minimum absolute atomic E-state index is 0.0190. The SMILES string of the molecule is CCc1ccc(NC(=O)C2CCC(C(=O)NCCC(C)C)CC2)cc1. The van der Waals surface area contributed by atoms with Gasteiger partial charge in [-0.3, -0.25) is 9.59 Å². The minimum atomic E-state index is 0.0190. The fourth-order valence-corrected chi connectivity index (χ4v) is 3.31. The number of hydrogen-bond donors (Lipinski definition) is 2. The molecule has 1 fully saturated rings. The molecule has 0 aromatic heterocycles. The lowest BCUT2D eigenvalue weighted by Gasteiger charge is -2.27. The molecular formula is C21H32N2O2. The van der Waals surface area contributed by atoms with Gasteiger partial charge in [-0.05, 0) is 62.1 Å². The molecule has 0 aliphatic heterocycles. The van der Waals surface area contributed by atoms with Crippen molar-refractivity contribution >= 4 is 17.5 Å². The second-order valence-corrected chi connectivity index (χ2v) is 7.56. The first-order chi connectivity index (χ1) is 12.0. The van der Waals surface area contributed by atoms with Crippen LogP contribution in [0.25, 0.3) is 0 Å². The number of amides is 2. The lowest BCUT2D eigenvalue weighted by Crippen LogP contribution is -2.36. The van der Waals surface area contributed by atoms with E-state index in [0.29, 0.717) is 5.92 Å². The summed E-state index contributed by atoms with van der Waals surface area (Å²) in [7, 11) is 0. The highest BCUT2D eigenvalue weighted by Gasteiger charge is 2.29. The molecule has 1 saturated carbocycles. The van der Waals surface area contributed by atoms with Crippen LogP contribution in [0.2, 0.25) is 0 Å². The van der Waals surface area contributed by atoms with E-state index in [1.807, 2.05) is 24.3 Å². The Morgan fingerprint density at radius 3 is 2.08 bits per heavy atom. The number of hydrogen-bond acceptors (Lipinski definition) is 2. The van der Waals surface area contributed by atoms with E-state index < -0.39 is 0 Å². The molecule has 25 heavy (non-hydrogen) atoms. The van der Waals surface area contributed by atoms with Crippen molar-refractivity contribution in [2.45, 2.75) is 59.3 Å². The van der Waals surface area contributed by atoms with Gasteiger partial charge in [0.15, 0.2) is 0 Å². The van der Waals surface area contributed by atoms with Crippen LogP contribution in [0.1, 0.15) is 58.4 Å². The Morgan fingerprint density at radius 1 is 1.00 bits per heavy atom. The predicted molar refractivity (Wildman–Crippen MR) is 102 cm³/mol. The van der Waals surface area contributed by atoms with Crippen molar-refractivity contribution in [1.29, 1.82) is 0 Å². The van der Waals surface area contributed by atoms with Crippen LogP contribution < -0.4 is 10.6 Å². The fraction of sp³-hybridized carbons (Fsp3) is 0.619. The van der Waals surface area contributed by atoms with E-state index in [0.717, 1.165) is 50.8 Å². The third-order valence-corrected chi connectivity index (χ3v) is 5.12. The molecule has 138 valence electrons. The standard InChI is InChI=1S/C21H32N2O2/c1-4-16-5-11-19(12-6-16)23-21(25)18-9-7-17(8-10-18)20(24)22-14-13-15(2)3/h5-6,11-12,15,17-18H,4,7-10,13-14H2,1-3H3,(H,22,24)(H,23,25). The summed E-state index contributed by atoms with van der Waals surface area (Å²) in [4.78, 5) is 24.6. The molecule has 1 aromatic rings. The Balaban J connectivity index is 1.74. The normalized spacial score (nSPS) is 20.3. The molecule has 1 aromatic carbocycles. The minimum Gasteiger partial charge on any atom is -0.356 e. The third-order valence-electron chi connectivity index (χ3n) is 5.12. The van der Waals surface area contributed by atoms with Crippen molar-refractivity contribution in [3.8, 4) is 0 Å². The Hall–Kier alpha value is -1.84. The first kappa shape index (κ1) is 19.5. The maximum atomic E-state index is 12.4. The van der Waals surface area contributed by atoms with Gasteiger partial charge in [-0.1, -0.05) is 32.9 Å². The number of benzene rings is 1. The summed E-state index contributed by atoms with van der Waals surface area (Å²) >= 11 is 0. The Morgan fingerprint density at radius 2 is 1.56 bits per heavy atom. The van der Waals surface area contributed by atoms with Crippen molar-refractivity contribution in [2.24, 2.45) is 17.8 Å². The zero-order valence-electron chi connectivity index (χ0n) is 15.8. The van der Waals surface area contributed by atoms with Crippen molar-refractivity contribution < 1.29 is 9.59 Å². The highest BCUT2D eigenvalue weighted by atomic mass is 16.2. The summed E-state index contributed by atoms with van der Waals surface area (Å²) in [6.07, 6.45) is 5.21. The van der Waals surface area contributed by atoms with Gasteiger partial charge in [0.2, 0.25) is 11.8 Å². The van der Waals surface area contributed by atoms with Crippen molar-refractivity contribution in [2.75, 3.05) is 11.9 Å². The van der Waals surface area contributed by atoms with Crippen LogP contribution >= 0.6 is 0 Å². The quantitative estimate of drug-likeness (QED) is 0.780. The number of carbonyl (C=O) groups excluding carboxylic acids is 2. The predicted octanol–water partition coefficient (Wildman–Crippen LogP) is 4.16. The van der Waals surface area contributed by atoms with Crippen molar-refractivity contribution in [3.05, 3.63) is 29.8 Å². The summed E-state index contributed by atoms with van der Waals surface area (Å²) in [6, 6.07) is 8.02. The molecule has 1 aliphatic rings. The van der Waals surface area contributed by atoms with Crippen LogP contribution in [0.5, 0.6) is 0 Å². The highest BCUT2D eigenvalue weighted by molar-refractivity contribution is 5.92. The van der Waals surface area contributed by atoms with Gasteiger partial charge in [-0.25, -0.2) is 0 Å².